The Morgan fingerprint density at radius 1 is 0.881 bits per heavy atom. The highest BCUT2D eigenvalue weighted by molar-refractivity contribution is 8.23. The predicted octanol–water partition coefficient (Wildman–Crippen LogP) is 5.90. The first-order valence-corrected chi connectivity index (χ1v) is 20.4. The van der Waals surface area contributed by atoms with Crippen LogP contribution in [-0.4, -0.2) is 93.7 Å². The van der Waals surface area contributed by atoms with Crippen LogP contribution in [0.2, 0.25) is 0 Å². The second kappa shape index (κ2) is 20.2. The average Bonchev–Trinajstić information content (AvgIpc) is 3.41. The van der Waals surface area contributed by atoms with Gasteiger partial charge < -0.3 is 30.2 Å². The van der Waals surface area contributed by atoms with Gasteiger partial charge in [-0.15, -0.1) is 10.8 Å². The fourth-order valence-electron chi connectivity index (χ4n) is 6.63. The molecule has 4 rings (SSSR count). The maximum absolute atomic E-state index is 13.7. The number of methoxy groups -OCH3 is 1. The van der Waals surface area contributed by atoms with Gasteiger partial charge in [0.25, 0.3) is 0 Å². The Labute approximate surface area is 342 Å². The van der Waals surface area contributed by atoms with Gasteiger partial charge in [0.1, 0.15) is 28.4 Å². The Balaban J connectivity index is 1.42. The minimum Gasteiger partial charge on any atom is -0.493 e. The van der Waals surface area contributed by atoms with Crippen molar-refractivity contribution in [3.05, 3.63) is 95.1 Å². The molecule has 0 radical (unpaired) electrons. The molecule has 1 aliphatic rings. The van der Waals surface area contributed by atoms with Crippen molar-refractivity contribution in [3.63, 3.8) is 0 Å². The molecule has 1 heterocycles. The zero-order valence-corrected chi connectivity index (χ0v) is 34.3. The lowest BCUT2D eigenvalue weighted by Crippen LogP contribution is -2.53. The first-order chi connectivity index (χ1) is 27.7. The zero-order chi connectivity index (χ0) is 43.5. The highest BCUT2D eigenvalue weighted by atomic mass is 32.3. The topological polar surface area (TPSA) is 193 Å². The van der Waals surface area contributed by atoms with Crippen molar-refractivity contribution >= 4 is 40.4 Å². The van der Waals surface area contributed by atoms with Crippen LogP contribution < -0.4 is 25.4 Å². The number of esters is 2. The lowest BCUT2D eigenvalue weighted by molar-refractivity contribution is -0.189. The van der Waals surface area contributed by atoms with Crippen LogP contribution in [0.1, 0.15) is 79.3 Å². The maximum Gasteiger partial charge on any atom is 0.491 e. The molecule has 322 valence electrons. The summed E-state index contributed by atoms with van der Waals surface area (Å²) in [4.78, 5) is 62.5. The zero-order valence-electron chi connectivity index (χ0n) is 33.5. The molecule has 5 N–H and O–H groups in total. The van der Waals surface area contributed by atoms with Crippen molar-refractivity contribution in [2.45, 2.75) is 88.8 Å². The van der Waals surface area contributed by atoms with Gasteiger partial charge >= 0.3 is 18.1 Å². The molecular formula is C41H51F3N4O10S. The molecule has 0 spiro atoms. The maximum atomic E-state index is 13.7. The van der Waals surface area contributed by atoms with Crippen molar-refractivity contribution in [2.24, 2.45) is 0 Å². The number of benzene rings is 3. The van der Waals surface area contributed by atoms with Gasteiger partial charge in [0, 0.05) is 25.9 Å². The number of nitrogens with zero attached hydrogens (tertiary/aromatic N) is 1. The minimum atomic E-state index is -5.29. The summed E-state index contributed by atoms with van der Waals surface area (Å²) in [7, 11) is -2.42. The molecule has 3 atom stereocenters. The van der Waals surface area contributed by atoms with Gasteiger partial charge in [-0.3, -0.25) is 23.5 Å². The molecule has 0 saturated carbocycles. The normalized spacial score (nSPS) is 16.7. The number of unbranched alkanes of at least 4 members (excludes halogenated alkanes) is 1. The summed E-state index contributed by atoms with van der Waals surface area (Å²) >= 11 is 0. The van der Waals surface area contributed by atoms with E-state index in [1.807, 2.05) is 42.5 Å². The summed E-state index contributed by atoms with van der Waals surface area (Å²) in [6, 6.07) is 18.6. The molecule has 0 aromatic heterocycles. The van der Waals surface area contributed by atoms with Gasteiger partial charge in [-0.2, -0.15) is 13.2 Å². The predicted molar refractivity (Wildman–Crippen MR) is 214 cm³/mol. The number of carbonyl (C=O) groups is 5. The molecule has 0 aliphatic carbocycles. The Kier molecular flexibility index (Phi) is 15.9. The first kappa shape index (κ1) is 46.5. The standard InChI is InChI=1S/C41H51F3N4O10S/c1-26(49)46-31(23-27-12-7-6-8-13-27)37(51)47-30(22-28-16-18-29(19-17-28)34-24-35(50)48(40(2,3)4)59(34,54)55)25-45-20-9-10-21-57-32-14-11-15-33(36(32)38(52)56-5)58-39(53)41(42,43)44/h6-8,11-19,30-31,34,45,54-55H,9-10,20-25H2,1-5H3,(H,46,49)(H,47,51)/t30-,31+,34?/m1/s1. The van der Waals surface area contributed by atoms with Crippen LogP contribution in [0.3, 0.4) is 0 Å². The molecule has 3 amide bonds. The number of hydrogen-bond acceptors (Lipinski definition) is 11. The van der Waals surface area contributed by atoms with Crippen LogP contribution in [0.25, 0.3) is 0 Å². The molecule has 3 aromatic rings. The quantitative estimate of drug-likeness (QED) is 0.0582. The molecule has 18 heteroatoms. The Morgan fingerprint density at radius 2 is 1.53 bits per heavy atom. The van der Waals surface area contributed by atoms with Crippen LogP contribution in [0.4, 0.5) is 13.2 Å². The molecule has 14 nitrogen and oxygen atoms in total. The third kappa shape index (κ3) is 12.9. The van der Waals surface area contributed by atoms with Crippen LogP contribution in [0.15, 0.2) is 72.8 Å². The monoisotopic (exact) mass is 848 g/mol. The van der Waals surface area contributed by atoms with E-state index in [9.17, 15) is 46.2 Å². The van der Waals surface area contributed by atoms with Crippen molar-refractivity contribution in [1.82, 2.24) is 20.3 Å². The van der Waals surface area contributed by atoms with Crippen LogP contribution in [-0.2, 0) is 36.8 Å². The van der Waals surface area contributed by atoms with Crippen molar-refractivity contribution in [2.75, 3.05) is 26.8 Å². The van der Waals surface area contributed by atoms with E-state index in [4.69, 9.17) is 4.74 Å². The summed E-state index contributed by atoms with van der Waals surface area (Å²) in [5.74, 6) is -5.48. The number of rotatable bonds is 18. The van der Waals surface area contributed by atoms with Crippen molar-refractivity contribution in [3.8, 4) is 11.5 Å². The third-order valence-corrected chi connectivity index (χ3v) is 11.7. The largest absolute Gasteiger partial charge is 0.493 e. The van der Waals surface area contributed by atoms with E-state index in [2.05, 4.69) is 25.4 Å². The first-order valence-electron chi connectivity index (χ1n) is 18.9. The van der Waals surface area contributed by atoms with E-state index < -0.39 is 69.0 Å². The van der Waals surface area contributed by atoms with E-state index in [-0.39, 0.29) is 37.0 Å². The number of nitrogens with one attached hydrogen (secondary N) is 3. The van der Waals surface area contributed by atoms with Gasteiger partial charge in [-0.25, -0.2) is 13.9 Å². The van der Waals surface area contributed by atoms with Gasteiger partial charge in [0.2, 0.25) is 17.7 Å². The number of alkyl halides is 3. The van der Waals surface area contributed by atoms with E-state index in [1.165, 1.54) is 23.4 Å². The molecule has 0 bridgehead atoms. The molecule has 1 aliphatic heterocycles. The van der Waals surface area contributed by atoms with Crippen molar-refractivity contribution in [1.29, 1.82) is 0 Å². The number of hydrogen-bond donors (Lipinski definition) is 5. The second-order valence-electron chi connectivity index (χ2n) is 15.0. The summed E-state index contributed by atoms with van der Waals surface area (Å²) in [5.41, 5.74) is 0.996. The number of amides is 3. The van der Waals surface area contributed by atoms with Gasteiger partial charge in [-0.05, 0) is 75.4 Å². The second-order valence-corrected chi connectivity index (χ2v) is 17.0. The molecule has 59 heavy (non-hydrogen) atoms. The minimum absolute atomic E-state index is 0.0392. The van der Waals surface area contributed by atoms with Crippen LogP contribution >= 0.6 is 10.8 Å². The van der Waals surface area contributed by atoms with Gasteiger partial charge in [0.05, 0.1) is 25.7 Å². The van der Waals surface area contributed by atoms with E-state index in [0.717, 1.165) is 24.3 Å². The molecule has 1 saturated heterocycles. The number of ether oxygens (including phenoxy) is 3. The Morgan fingerprint density at radius 3 is 2.12 bits per heavy atom. The smallest absolute Gasteiger partial charge is 0.491 e. The van der Waals surface area contributed by atoms with Crippen molar-refractivity contribution < 1.29 is 60.5 Å². The summed E-state index contributed by atoms with van der Waals surface area (Å²) in [5, 5.41) is 8.30. The van der Waals surface area contributed by atoms with Crippen LogP contribution in [0.5, 0.6) is 11.5 Å². The van der Waals surface area contributed by atoms with Gasteiger partial charge in [0.15, 0.2) is 0 Å². The lowest BCUT2D eigenvalue weighted by Gasteiger charge is -2.47. The SMILES string of the molecule is COC(=O)c1c(OCCCCNC[C@@H](Cc2ccc(C3CC(=O)N(C(C)(C)C)S3(O)O)cc2)NC(=O)[C@H](Cc2ccccc2)NC(C)=O)cccc1OC(=O)C(F)(F)F. The molecular weight excluding hydrogens is 798 g/mol. The number of carbonyl (C=O) groups excluding carboxylic acids is 5. The van der Waals surface area contributed by atoms with E-state index in [1.54, 1.807) is 32.9 Å². The lowest BCUT2D eigenvalue weighted by atomic mass is 10.0. The summed E-state index contributed by atoms with van der Waals surface area (Å²) < 4.78 is 76.7. The summed E-state index contributed by atoms with van der Waals surface area (Å²) in [6.07, 6.45) is -3.78. The Hall–Kier alpha value is -5.17. The van der Waals surface area contributed by atoms with Crippen LogP contribution in [0, 0.1) is 0 Å². The fourth-order valence-corrected chi connectivity index (χ4v) is 8.95. The third-order valence-electron chi connectivity index (χ3n) is 9.21. The summed E-state index contributed by atoms with van der Waals surface area (Å²) in [6.45, 7) is 7.34. The highest BCUT2D eigenvalue weighted by Gasteiger charge is 2.50. The number of halogens is 3. The molecule has 1 unspecified atom stereocenters. The molecule has 1 fully saturated rings. The highest BCUT2D eigenvalue weighted by Crippen LogP contribution is 2.65. The van der Waals surface area contributed by atoms with Gasteiger partial charge in [-0.1, -0.05) is 60.7 Å². The Bertz CT molecular complexity index is 1940. The van der Waals surface area contributed by atoms with E-state index in [0.29, 0.717) is 37.9 Å². The fraction of sp³-hybridized carbons (Fsp3) is 0.439. The molecule has 3 aromatic carbocycles. The average molecular weight is 849 g/mol. The van der Waals surface area contributed by atoms with E-state index >= 15 is 0 Å².